The van der Waals surface area contributed by atoms with Crippen molar-refractivity contribution in [3.63, 3.8) is 0 Å². The van der Waals surface area contributed by atoms with Crippen LogP contribution in [0.2, 0.25) is 0 Å². The minimum Gasteiger partial charge on any atom is -0.748 e. The number of hydroxylamine groups is 1. The van der Waals surface area contributed by atoms with Crippen LogP contribution in [0.4, 0.5) is 5.69 Å². The molecule has 0 saturated heterocycles. The summed E-state index contributed by atoms with van der Waals surface area (Å²) in [5, 5.41) is 0. The molecule has 6 rings (SSSR count). The number of nitrogens with one attached hydrogen (secondary N) is 1. The number of nitrogens with zero attached hydrogens (tertiary/aromatic N) is 2. The fourth-order valence-electron chi connectivity index (χ4n) is 5.59. The van der Waals surface area contributed by atoms with E-state index in [-0.39, 0.29) is 31.7 Å². The summed E-state index contributed by atoms with van der Waals surface area (Å²) in [5.41, 5.74) is 8.33. The molecule has 1 aliphatic rings. The standard InChI is InChI=1S/C35H35N3O8S2/c1-2-36-46-48(42,43)22-10-20-38-31-24-29(27-13-7-4-8-14-27)16-18-33(31)45-35(38)25-34-37(19-9-21-47(39,40)41)30-23-28(15-17-32(30)44-34)26-11-5-3-6-12-26/h3-8,11-18,23-25,36H,2,9-10,19-22H2,1H3. The summed E-state index contributed by atoms with van der Waals surface area (Å²) in [6.07, 6.45) is 2.01. The number of fused-ring (bicyclic) bond motifs is 2. The van der Waals surface area contributed by atoms with E-state index in [1.165, 1.54) is 0 Å². The molecular weight excluding hydrogens is 655 g/mol. The maximum absolute atomic E-state index is 12.4. The molecule has 0 fully saturated rings. The molecule has 0 amide bonds. The van der Waals surface area contributed by atoms with Gasteiger partial charge in [0.2, 0.25) is 11.5 Å². The zero-order chi connectivity index (χ0) is 33.7. The highest BCUT2D eigenvalue weighted by Gasteiger charge is 2.31. The number of anilines is 1. The molecule has 48 heavy (non-hydrogen) atoms. The first-order chi connectivity index (χ1) is 23.1. The Morgan fingerprint density at radius 3 is 2.17 bits per heavy atom. The Morgan fingerprint density at radius 1 is 0.833 bits per heavy atom. The molecule has 5 aromatic rings. The molecule has 0 unspecified atom stereocenters. The number of hydrogen-bond acceptors (Lipinski definition) is 10. The Bertz CT molecular complexity index is 2150. The van der Waals surface area contributed by atoms with Gasteiger partial charge in [-0.05, 0) is 46.9 Å². The highest BCUT2D eigenvalue weighted by molar-refractivity contribution is 7.86. The fraction of sp³-hybridized carbons (Fsp3) is 0.229. The van der Waals surface area contributed by atoms with Gasteiger partial charge >= 0.3 is 5.89 Å². The van der Waals surface area contributed by atoms with Crippen molar-refractivity contribution in [3.05, 3.63) is 109 Å². The molecule has 250 valence electrons. The second kappa shape index (κ2) is 14.3. The molecule has 13 heteroatoms. The van der Waals surface area contributed by atoms with Gasteiger partial charge < -0.3 is 18.6 Å². The summed E-state index contributed by atoms with van der Waals surface area (Å²) in [6, 6.07) is 31.3. The highest BCUT2D eigenvalue weighted by atomic mass is 32.2. The minimum absolute atomic E-state index is 0.0752. The van der Waals surface area contributed by atoms with Crippen molar-refractivity contribution in [2.45, 2.75) is 26.3 Å². The van der Waals surface area contributed by atoms with Gasteiger partial charge in [0.1, 0.15) is 6.08 Å². The van der Waals surface area contributed by atoms with Crippen LogP contribution < -0.4 is 19.7 Å². The maximum Gasteiger partial charge on any atom is 0.379 e. The first-order valence-electron chi connectivity index (χ1n) is 15.6. The maximum atomic E-state index is 12.4. The van der Waals surface area contributed by atoms with Gasteiger partial charge in [0.15, 0.2) is 12.3 Å². The molecule has 0 atom stereocenters. The van der Waals surface area contributed by atoms with Gasteiger partial charge in [-0.25, -0.2) is 8.42 Å². The average molecular weight is 690 g/mol. The number of hydrogen-bond donors (Lipinski definition) is 1. The molecule has 0 saturated carbocycles. The molecule has 1 aliphatic heterocycles. The first-order valence-corrected chi connectivity index (χ1v) is 18.7. The third kappa shape index (κ3) is 7.94. The Labute approximate surface area is 279 Å². The molecule has 1 N–H and O–H groups in total. The Balaban J connectivity index is 1.40. The highest BCUT2D eigenvalue weighted by Crippen LogP contribution is 2.42. The van der Waals surface area contributed by atoms with Gasteiger partial charge in [0, 0.05) is 31.3 Å². The van der Waals surface area contributed by atoms with E-state index >= 15 is 0 Å². The number of aromatic nitrogens is 1. The molecule has 1 aromatic heterocycles. The molecule has 0 radical (unpaired) electrons. The first kappa shape index (κ1) is 33.4. The third-order valence-corrected chi connectivity index (χ3v) is 9.75. The van der Waals surface area contributed by atoms with Crippen molar-refractivity contribution in [3.8, 4) is 28.0 Å². The SMILES string of the molecule is CCNOS(=O)(=O)CCCN1C(=Cc2oc3ccc(-c4ccccc4)cc3[n+]2CCCS(=O)(=O)[O-])Oc2ccc(-c3ccccc3)cc21. The molecule has 4 aromatic carbocycles. The number of oxazole rings is 1. The lowest BCUT2D eigenvalue weighted by molar-refractivity contribution is -0.677. The van der Waals surface area contributed by atoms with Gasteiger partial charge in [0.05, 0.1) is 21.6 Å². The van der Waals surface area contributed by atoms with Crippen molar-refractivity contribution in [1.29, 1.82) is 0 Å². The van der Waals surface area contributed by atoms with Crippen LogP contribution in [0.25, 0.3) is 39.4 Å². The lowest BCUT2D eigenvalue weighted by atomic mass is 10.0. The molecule has 0 aliphatic carbocycles. The molecule has 0 bridgehead atoms. The zero-order valence-electron chi connectivity index (χ0n) is 26.2. The number of rotatable bonds is 14. The quantitative estimate of drug-likeness (QED) is 0.0909. The topological polar surface area (TPSA) is 142 Å². The monoisotopic (exact) mass is 689 g/mol. The van der Waals surface area contributed by atoms with Crippen LogP contribution >= 0.6 is 0 Å². The van der Waals surface area contributed by atoms with E-state index in [2.05, 4.69) is 5.48 Å². The van der Waals surface area contributed by atoms with Crippen molar-refractivity contribution in [2.75, 3.05) is 29.5 Å². The second-order valence-corrected chi connectivity index (χ2v) is 14.5. The summed E-state index contributed by atoms with van der Waals surface area (Å²) in [5.74, 6) is 0.596. The van der Waals surface area contributed by atoms with Crippen molar-refractivity contribution in [1.82, 2.24) is 5.48 Å². The van der Waals surface area contributed by atoms with Gasteiger partial charge in [-0.15, -0.1) is 0 Å². The minimum atomic E-state index is -4.42. The van der Waals surface area contributed by atoms with Crippen LogP contribution in [0, 0.1) is 0 Å². The molecule has 2 heterocycles. The predicted molar refractivity (Wildman–Crippen MR) is 182 cm³/mol. The smallest absolute Gasteiger partial charge is 0.379 e. The average Bonchev–Trinajstić information content (AvgIpc) is 3.60. The molecule has 0 spiro atoms. The van der Waals surface area contributed by atoms with Crippen LogP contribution in [-0.2, 0) is 31.1 Å². The number of ether oxygens (including phenoxy) is 1. The van der Waals surface area contributed by atoms with E-state index < -0.39 is 26.0 Å². The summed E-state index contributed by atoms with van der Waals surface area (Å²) in [6.45, 7) is 2.55. The fourth-order valence-corrected chi connectivity index (χ4v) is 6.94. The van der Waals surface area contributed by atoms with Gasteiger partial charge in [-0.3, -0.25) is 0 Å². The molecule has 11 nitrogen and oxygen atoms in total. The second-order valence-electron chi connectivity index (χ2n) is 11.2. The van der Waals surface area contributed by atoms with E-state index in [0.29, 0.717) is 35.2 Å². The lowest BCUT2D eigenvalue weighted by Gasteiger charge is -2.18. The van der Waals surface area contributed by atoms with E-state index in [0.717, 1.165) is 27.9 Å². The lowest BCUT2D eigenvalue weighted by Crippen LogP contribution is -2.36. The van der Waals surface area contributed by atoms with Gasteiger partial charge in [-0.1, -0.05) is 79.7 Å². The predicted octanol–water partition coefficient (Wildman–Crippen LogP) is 5.45. The molecular formula is C35H35N3O8S2. The summed E-state index contributed by atoms with van der Waals surface area (Å²) >= 11 is 0. The van der Waals surface area contributed by atoms with Crippen LogP contribution in [-0.4, -0.2) is 46.0 Å². The summed E-state index contributed by atoms with van der Waals surface area (Å²) < 4.78 is 78.6. The Morgan fingerprint density at radius 2 is 1.50 bits per heavy atom. The van der Waals surface area contributed by atoms with Gasteiger partial charge in [0.25, 0.3) is 15.6 Å². The van der Waals surface area contributed by atoms with Crippen molar-refractivity contribution in [2.24, 2.45) is 0 Å². The van der Waals surface area contributed by atoms with E-state index in [1.54, 1.807) is 13.0 Å². The van der Waals surface area contributed by atoms with Crippen LogP contribution in [0.1, 0.15) is 25.7 Å². The Hall–Kier alpha value is -4.53. The van der Waals surface area contributed by atoms with Crippen molar-refractivity contribution < 1.29 is 39.4 Å². The van der Waals surface area contributed by atoms with Crippen LogP contribution in [0.15, 0.2) is 107 Å². The van der Waals surface area contributed by atoms with Crippen LogP contribution in [0.3, 0.4) is 0 Å². The normalized spacial score (nSPS) is 14.0. The van der Waals surface area contributed by atoms with E-state index in [9.17, 15) is 21.4 Å². The largest absolute Gasteiger partial charge is 0.748 e. The number of aryl methyl sites for hydroxylation is 1. The number of benzene rings is 4. The third-order valence-electron chi connectivity index (χ3n) is 7.80. The summed E-state index contributed by atoms with van der Waals surface area (Å²) in [7, 11) is -8.23. The van der Waals surface area contributed by atoms with E-state index in [4.69, 9.17) is 13.4 Å². The van der Waals surface area contributed by atoms with E-state index in [1.807, 2.05) is 107 Å². The zero-order valence-corrected chi connectivity index (χ0v) is 27.9. The van der Waals surface area contributed by atoms with Crippen molar-refractivity contribution >= 4 is 43.1 Å². The Kier molecular flexibility index (Phi) is 9.94. The summed E-state index contributed by atoms with van der Waals surface area (Å²) in [4.78, 5) is 1.89. The van der Waals surface area contributed by atoms with Crippen LogP contribution in [0.5, 0.6) is 5.75 Å². The van der Waals surface area contributed by atoms with Gasteiger partial charge in [-0.2, -0.15) is 22.7 Å².